The van der Waals surface area contributed by atoms with Gasteiger partial charge in [-0.05, 0) is 0 Å². The lowest BCUT2D eigenvalue weighted by atomic mass is 10.3. The molecule has 0 aliphatic carbocycles. The number of aromatic nitrogens is 2. The molecule has 5 nitrogen and oxygen atoms in total. The van der Waals surface area contributed by atoms with Crippen molar-refractivity contribution in [2.24, 2.45) is 0 Å². The average molecular weight is 181 g/mol. The van der Waals surface area contributed by atoms with Gasteiger partial charge in [0.25, 0.3) is 0 Å². The van der Waals surface area contributed by atoms with Crippen LogP contribution >= 0.6 is 0 Å². The molecule has 0 aliphatic heterocycles. The van der Waals surface area contributed by atoms with Crippen LogP contribution in [0, 0.1) is 0 Å². The minimum absolute atomic E-state index is 0.0216. The van der Waals surface area contributed by atoms with Crippen molar-refractivity contribution in [1.29, 1.82) is 0 Å². The van der Waals surface area contributed by atoms with E-state index in [0.29, 0.717) is 12.2 Å². The van der Waals surface area contributed by atoms with Crippen LogP contribution in [0.2, 0.25) is 0 Å². The molecule has 0 aliphatic rings. The van der Waals surface area contributed by atoms with E-state index in [2.05, 4.69) is 15.3 Å². The Morgan fingerprint density at radius 1 is 1.54 bits per heavy atom. The first-order chi connectivity index (χ1) is 6.34. The SMILES string of the molecule is O=C(CNCCO)c1cnccn1. The van der Waals surface area contributed by atoms with Crippen molar-refractivity contribution in [3.63, 3.8) is 0 Å². The second-order valence-electron chi connectivity index (χ2n) is 2.41. The molecular weight excluding hydrogens is 170 g/mol. The van der Waals surface area contributed by atoms with Crippen LogP contribution in [0.15, 0.2) is 18.6 Å². The molecule has 1 aromatic heterocycles. The third-order valence-electron chi connectivity index (χ3n) is 1.42. The first-order valence-electron chi connectivity index (χ1n) is 3.95. The zero-order valence-corrected chi connectivity index (χ0v) is 7.10. The van der Waals surface area contributed by atoms with Crippen LogP contribution in [0.25, 0.3) is 0 Å². The number of carbonyl (C=O) groups is 1. The fourth-order valence-corrected chi connectivity index (χ4v) is 0.815. The summed E-state index contributed by atoms with van der Waals surface area (Å²) in [4.78, 5) is 18.9. The molecule has 0 fully saturated rings. The Morgan fingerprint density at radius 2 is 2.38 bits per heavy atom. The van der Waals surface area contributed by atoms with Crippen molar-refractivity contribution in [2.75, 3.05) is 19.7 Å². The van der Waals surface area contributed by atoms with Gasteiger partial charge in [0.15, 0.2) is 5.78 Å². The lowest BCUT2D eigenvalue weighted by Gasteiger charge is -2.00. The molecule has 0 radical (unpaired) electrons. The van der Waals surface area contributed by atoms with Crippen LogP contribution in [0.4, 0.5) is 0 Å². The van der Waals surface area contributed by atoms with E-state index >= 15 is 0 Å². The van der Waals surface area contributed by atoms with Gasteiger partial charge in [-0.3, -0.25) is 9.78 Å². The molecule has 2 N–H and O–H groups in total. The van der Waals surface area contributed by atoms with E-state index in [1.54, 1.807) is 0 Å². The van der Waals surface area contributed by atoms with Crippen LogP contribution in [-0.2, 0) is 0 Å². The molecule has 5 heteroatoms. The van der Waals surface area contributed by atoms with Gasteiger partial charge in [-0.25, -0.2) is 4.98 Å². The van der Waals surface area contributed by atoms with Gasteiger partial charge in [-0.2, -0.15) is 0 Å². The number of aliphatic hydroxyl groups is 1. The number of carbonyl (C=O) groups excluding carboxylic acids is 1. The van der Waals surface area contributed by atoms with Gasteiger partial charge >= 0.3 is 0 Å². The van der Waals surface area contributed by atoms with Gasteiger partial charge in [-0.15, -0.1) is 0 Å². The van der Waals surface area contributed by atoms with Crippen LogP contribution in [0.5, 0.6) is 0 Å². The van der Waals surface area contributed by atoms with Crippen LogP contribution in [0.3, 0.4) is 0 Å². The fourth-order valence-electron chi connectivity index (χ4n) is 0.815. The Balaban J connectivity index is 2.40. The van der Waals surface area contributed by atoms with Crippen molar-refractivity contribution >= 4 is 5.78 Å². The van der Waals surface area contributed by atoms with Gasteiger partial charge in [-0.1, -0.05) is 0 Å². The Hall–Kier alpha value is -1.33. The van der Waals surface area contributed by atoms with Crippen LogP contribution < -0.4 is 5.32 Å². The molecule has 1 heterocycles. The Kier molecular flexibility index (Phi) is 4.01. The number of aliphatic hydroxyl groups excluding tert-OH is 1. The summed E-state index contributed by atoms with van der Waals surface area (Å²) in [7, 11) is 0. The monoisotopic (exact) mass is 181 g/mol. The fraction of sp³-hybridized carbons (Fsp3) is 0.375. The van der Waals surface area contributed by atoms with E-state index in [0.717, 1.165) is 0 Å². The summed E-state index contributed by atoms with van der Waals surface area (Å²) >= 11 is 0. The molecule has 0 saturated carbocycles. The maximum Gasteiger partial charge on any atom is 0.196 e. The number of nitrogens with zero attached hydrogens (tertiary/aromatic N) is 2. The van der Waals surface area contributed by atoms with Crippen LogP contribution in [-0.4, -0.2) is 40.6 Å². The summed E-state index contributed by atoms with van der Waals surface area (Å²) in [5, 5.41) is 11.2. The lowest BCUT2D eigenvalue weighted by Crippen LogP contribution is -2.26. The minimum Gasteiger partial charge on any atom is -0.395 e. The van der Waals surface area contributed by atoms with Crippen molar-refractivity contribution in [3.8, 4) is 0 Å². The van der Waals surface area contributed by atoms with Crippen molar-refractivity contribution in [2.45, 2.75) is 0 Å². The molecule has 70 valence electrons. The highest BCUT2D eigenvalue weighted by molar-refractivity contribution is 5.95. The Morgan fingerprint density at radius 3 is 3.00 bits per heavy atom. The summed E-state index contributed by atoms with van der Waals surface area (Å²) in [5.74, 6) is -0.124. The van der Waals surface area contributed by atoms with E-state index < -0.39 is 0 Å². The molecule has 13 heavy (non-hydrogen) atoms. The molecule has 0 atom stereocenters. The molecule has 0 saturated heterocycles. The Bertz CT molecular complexity index is 263. The predicted octanol–water partition coefficient (Wildman–Crippen LogP) is -0.759. The van der Waals surface area contributed by atoms with Gasteiger partial charge in [0.1, 0.15) is 5.69 Å². The highest BCUT2D eigenvalue weighted by Gasteiger charge is 2.05. The highest BCUT2D eigenvalue weighted by atomic mass is 16.3. The topological polar surface area (TPSA) is 75.1 Å². The van der Waals surface area contributed by atoms with E-state index in [4.69, 9.17) is 5.11 Å². The second kappa shape index (κ2) is 5.34. The molecule has 1 aromatic rings. The third kappa shape index (κ3) is 3.27. The van der Waals surface area contributed by atoms with Crippen molar-refractivity contribution in [1.82, 2.24) is 15.3 Å². The number of hydrogen-bond acceptors (Lipinski definition) is 5. The van der Waals surface area contributed by atoms with Gasteiger partial charge < -0.3 is 10.4 Å². The van der Waals surface area contributed by atoms with Gasteiger partial charge in [0.05, 0.1) is 19.3 Å². The number of hydrogen-bond donors (Lipinski definition) is 2. The van der Waals surface area contributed by atoms with Crippen molar-refractivity contribution in [3.05, 3.63) is 24.3 Å². The highest BCUT2D eigenvalue weighted by Crippen LogP contribution is 1.90. The maximum absolute atomic E-state index is 11.3. The van der Waals surface area contributed by atoms with Crippen LogP contribution in [0.1, 0.15) is 10.5 Å². The summed E-state index contributed by atoms with van der Waals surface area (Å²) < 4.78 is 0. The molecule has 0 unspecified atom stereocenters. The minimum atomic E-state index is -0.124. The first kappa shape index (κ1) is 9.76. The second-order valence-corrected chi connectivity index (χ2v) is 2.41. The number of rotatable bonds is 5. The zero-order chi connectivity index (χ0) is 9.52. The standard InChI is InChI=1S/C8H11N3O2/c12-4-3-10-6-8(13)7-5-9-1-2-11-7/h1-2,5,10,12H,3-4,6H2. The largest absolute Gasteiger partial charge is 0.395 e. The van der Waals surface area contributed by atoms with Gasteiger partial charge in [0, 0.05) is 18.9 Å². The zero-order valence-electron chi connectivity index (χ0n) is 7.10. The molecule has 0 spiro atoms. The van der Waals surface area contributed by atoms with Gasteiger partial charge in [0.2, 0.25) is 0 Å². The smallest absolute Gasteiger partial charge is 0.196 e. The maximum atomic E-state index is 11.3. The first-order valence-corrected chi connectivity index (χ1v) is 3.95. The molecule has 0 bridgehead atoms. The molecular formula is C8H11N3O2. The third-order valence-corrected chi connectivity index (χ3v) is 1.42. The molecule has 0 aromatic carbocycles. The van der Waals surface area contributed by atoms with E-state index in [-0.39, 0.29) is 18.9 Å². The van der Waals surface area contributed by atoms with E-state index in [9.17, 15) is 4.79 Å². The average Bonchev–Trinajstić information content (AvgIpc) is 2.19. The Labute approximate surface area is 75.8 Å². The lowest BCUT2D eigenvalue weighted by molar-refractivity contribution is 0.0984. The number of Topliss-reactive ketones (excluding diaryl/α,β-unsaturated/α-hetero) is 1. The quantitative estimate of drug-likeness (QED) is 0.461. The summed E-state index contributed by atoms with van der Waals surface area (Å²) in [6.07, 6.45) is 4.40. The van der Waals surface area contributed by atoms with E-state index in [1.165, 1.54) is 18.6 Å². The predicted molar refractivity (Wildman–Crippen MR) is 46.3 cm³/mol. The summed E-state index contributed by atoms with van der Waals surface area (Å²) in [6, 6.07) is 0. The summed E-state index contributed by atoms with van der Waals surface area (Å²) in [5.41, 5.74) is 0.341. The normalized spacial score (nSPS) is 9.92. The summed E-state index contributed by atoms with van der Waals surface area (Å²) in [6.45, 7) is 0.610. The van der Waals surface area contributed by atoms with E-state index in [1.807, 2.05) is 0 Å². The molecule has 1 rings (SSSR count). The molecule has 0 amide bonds. The van der Waals surface area contributed by atoms with Crippen molar-refractivity contribution < 1.29 is 9.90 Å². The number of nitrogens with one attached hydrogen (secondary N) is 1. The number of ketones is 1.